The molecule has 2 nitrogen and oxygen atoms in total. The highest BCUT2D eigenvalue weighted by molar-refractivity contribution is 5.65. The maximum Gasteiger partial charge on any atom is 0.123 e. The zero-order valence-corrected chi connectivity index (χ0v) is 13.8. The Bertz CT molecular complexity index is 672. The van der Waals surface area contributed by atoms with Crippen LogP contribution in [0.15, 0.2) is 54.6 Å². The van der Waals surface area contributed by atoms with Gasteiger partial charge < -0.3 is 9.80 Å². The van der Waals surface area contributed by atoms with E-state index < -0.39 is 0 Å². The number of halogens is 1. The summed E-state index contributed by atoms with van der Waals surface area (Å²) in [4.78, 5) is 3.70. The molecule has 2 aromatic rings. The summed E-state index contributed by atoms with van der Waals surface area (Å²) in [6.07, 6.45) is 3.36. The number of anilines is 1. The third-order valence-corrected chi connectivity index (χ3v) is 4.51. The molecule has 1 atom stereocenters. The van der Waals surface area contributed by atoms with Crippen molar-refractivity contribution in [1.29, 1.82) is 0 Å². The van der Waals surface area contributed by atoms with Crippen LogP contribution in [0.4, 0.5) is 10.1 Å². The molecule has 2 aromatic carbocycles. The summed E-state index contributed by atoms with van der Waals surface area (Å²) >= 11 is 0. The molecule has 1 heterocycles. The normalized spacial score (nSPS) is 17.7. The zero-order chi connectivity index (χ0) is 16.2. The second kappa shape index (κ2) is 6.97. The number of nitrogens with one attached hydrogen (secondary N) is 1. The third-order valence-electron chi connectivity index (χ3n) is 4.51. The highest BCUT2D eigenvalue weighted by Crippen LogP contribution is 2.19. The van der Waals surface area contributed by atoms with Crippen molar-refractivity contribution in [3.05, 3.63) is 71.6 Å². The minimum Gasteiger partial charge on any atom is -0.378 e. The van der Waals surface area contributed by atoms with E-state index in [1.54, 1.807) is 17.0 Å². The fraction of sp³-hybridized carbons (Fsp3) is 0.300. The molecular formula is C20H24FN2+. The van der Waals surface area contributed by atoms with Crippen molar-refractivity contribution in [2.45, 2.75) is 13.0 Å². The van der Waals surface area contributed by atoms with Gasteiger partial charge in [0.1, 0.15) is 12.4 Å². The summed E-state index contributed by atoms with van der Waals surface area (Å²) in [7, 11) is 4.12. The lowest BCUT2D eigenvalue weighted by molar-refractivity contribution is -0.908. The number of nitrogens with zero attached hydrogens (tertiary/aromatic N) is 1. The lowest BCUT2D eigenvalue weighted by Gasteiger charge is -2.24. The van der Waals surface area contributed by atoms with Crippen LogP contribution in [0.25, 0.3) is 5.57 Å². The van der Waals surface area contributed by atoms with Crippen molar-refractivity contribution in [2.24, 2.45) is 0 Å². The van der Waals surface area contributed by atoms with E-state index in [1.807, 2.05) is 12.1 Å². The van der Waals surface area contributed by atoms with E-state index in [4.69, 9.17) is 0 Å². The Morgan fingerprint density at radius 3 is 2.26 bits per heavy atom. The maximum atomic E-state index is 13.0. The summed E-state index contributed by atoms with van der Waals surface area (Å²) < 4.78 is 13.0. The first-order valence-corrected chi connectivity index (χ1v) is 8.16. The molecule has 0 amide bonds. The lowest BCUT2D eigenvalue weighted by Crippen LogP contribution is -3.11. The molecule has 0 saturated heterocycles. The summed E-state index contributed by atoms with van der Waals surface area (Å²) in [6, 6.07) is 15.7. The van der Waals surface area contributed by atoms with Gasteiger partial charge >= 0.3 is 0 Å². The van der Waals surface area contributed by atoms with Crippen LogP contribution in [0.5, 0.6) is 0 Å². The van der Waals surface area contributed by atoms with Crippen LogP contribution in [0.2, 0.25) is 0 Å². The van der Waals surface area contributed by atoms with Crippen LogP contribution in [0.3, 0.4) is 0 Å². The van der Waals surface area contributed by atoms with Crippen LogP contribution in [-0.2, 0) is 6.54 Å². The Kier molecular flexibility index (Phi) is 4.77. The molecule has 120 valence electrons. The summed E-state index contributed by atoms with van der Waals surface area (Å²) in [5.41, 5.74) is 5.11. The topological polar surface area (TPSA) is 7.68 Å². The molecule has 1 unspecified atom stereocenters. The number of benzene rings is 2. The molecule has 0 saturated carbocycles. The van der Waals surface area contributed by atoms with Gasteiger partial charge in [0, 0.05) is 31.8 Å². The van der Waals surface area contributed by atoms with E-state index >= 15 is 0 Å². The van der Waals surface area contributed by atoms with E-state index in [2.05, 4.69) is 49.3 Å². The second-order valence-corrected chi connectivity index (χ2v) is 6.43. The minimum atomic E-state index is -0.168. The van der Waals surface area contributed by atoms with Crippen LogP contribution in [0.1, 0.15) is 17.5 Å². The van der Waals surface area contributed by atoms with Gasteiger partial charge in [-0.2, -0.15) is 0 Å². The van der Waals surface area contributed by atoms with Gasteiger partial charge in [-0.25, -0.2) is 4.39 Å². The molecule has 0 radical (unpaired) electrons. The Hall–Kier alpha value is -2.13. The SMILES string of the molecule is CN(C)c1ccc(C[NH+]2CC=C(c3ccc(F)cc3)CC2)cc1. The minimum absolute atomic E-state index is 0.168. The first-order chi connectivity index (χ1) is 11.1. The van der Waals surface area contributed by atoms with Gasteiger partial charge in [-0.1, -0.05) is 24.3 Å². The van der Waals surface area contributed by atoms with Crippen molar-refractivity contribution >= 4 is 11.3 Å². The smallest absolute Gasteiger partial charge is 0.123 e. The van der Waals surface area contributed by atoms with Crippen LogP contribution in [-0.4, -0.2) is 27.2 Å². The van der Waals surface area contributed by atoms with Crippen molar-refractivity contribution in [2.75, 3.05) is 32.1 Å². The van der Waals surface area contributed by atoms with Gasteiger partial charge in [-0.05, 0) is 41.5 Å². The predicted octanol–water partition coefficient (Wildman–Crippen LogP) is 2.76. The van der Waals surface area contributed by atoms with E-state index in [9.17, 15) is 4.39 Å². The molecule has 1 N–H and O–H groups in total. The molecule has 3 rings (SSSR count). The quantitative estimate of drug-likeness (QED) is 0.912. The Morgan fingerprint density at radius 2 is 1.70 bits per heavy atom. The molecule has 0 aliphatic carbocycles. The van der Waals surface area contributed by atoms with Crippen molar-refractivity contribution in [3.8, 4) is 0 Å². The highest BCUT2D eigenvalue weighted by Gasteiger charge is 2.16. The molecule has 0 aromatic heterocycles. The molecule has 1 aliphatic heterocycles. The summed E-state index contributed by atoms with van der Waals surface area (Å²) in [5, 5.41) is 0. The van der Waals surface area contributed by atoms with Gasteiger partial charge in [0.25, 0.3) is 0 Å². The highest BCUT2D eigenvalue weighted by atomic mass is 19.1. The molecular weight excluding hydrogens is 287 g/mol. The summed E-state index contributed by atoms with van der Waals surface area (Å²) in [6.45, 7) is 3.21. The standard InChI is InChI=1S/C20H23FN2/c1-22(2)20-9-3-16(4-10-20)15-23-13-11-18(12-14-23)17-5-7-19(21)8-6-17/h3-11H,12-15H2,1-2H3/p+1. The first kappa shape index (κ1) is 15.8. The fourth-order valence-electron chi connectivity index (χ4n) is 3.07. The largest absolute Gasteiger partial charge is 0.378 e. The van der Waals surface area contributed by atoms with E-state index in [1.165, 1.54) is 16.8 Å². The molecule has 0 spiro atoms. The molecule has 3 heteroatoms. The molecule has 0 fully saturated rings. The van der Waals surface area contributed by atoms with Crippen molar-refractivity contribution < 1.29 is 9.29 Å². The Morgan fingerprint density at radius 1 is 1.00 bits per heavy atom. The first-order valence-electron chi connectivity index (χ1n) is 8.16. The number of hydrogen-bond donors (Lipinski definition) is 1. The lowest BCUT2D eigenvalue weighted by atomic mass is 9.99. The monoisotopic (exact) mass is 311 g/mol. The summed E-state index contributed by atoms with van der Waals surface area (Å²) in [5.74, 6) is -0.168. The maximum absolute atomic E-state index is 13.0. The van der Waals surface area contributed by atoms with E-state index in [0.29, 0.717) is 0 Å². The Labute approximate surface area is 137 Å². The van der Waals surface area contributed by atoms with Crippen LogP contribution < -0.4 is 9.80 Å². The number of rotatable bonds is 4. The van der Waals surface area contributed by atoms with E-state index in [0.717, 1.165) is 31.6 Å². The third kappa shape index (κ3) is 3.99. The van der Waals surface area contributed by atoms with Crippen molar-refractivity contribution in [1.82, 2.24) is 0 Å². The van der Waals surface area contributed by atoms with Gasteiger partial charge in [0.15, 0.2) is 0 Å². The fourth-order valence-corrected chi connectivity index (χ4v) is 3.07. The van der Waals surface area contributed by atoms with Gasteiger partial charge in [-0.15, -0.1) is 0 Å². The average Bonchev–Trinajstić information content (AvgIpc) is 2.57. The van der Waals surface area contributed by atoms with Gasteiger partial charge in [-0.3, -0.25) is 0 Å². The van der Waals surface area contributed by atoms with Crippen LogP contribution in [0, 0.1) is 5.82 Å². The number of quaternary nitrogens is 1. The van der Waals surface area contributed by atoms with E-state index in [-0.39, 0.29) is 5.82 Å². The van der Waals surface area contributed by atoms with Crippen molar-refractivity contribution in [3.63, 3.8) is 0 Å². The molecule has 23 heavy (non-hydrogen) atoms. The predicted molar refractivity (Wildman–Crippen MR) is 94.2 cm³/mol. The average molecular weight is 311 g/mol. The second-order valence-electron chi connectivity index (χ2n) is 6.43. The number of hydrogen-bond acceptors (Lipinski definition) is 1. The Balaban J connectivity index is 1.61. The van der Waals surface area contributed by atoms with Crippen LogP contribution >= 0.6 is 0 Å². The molecule has 0 bridgehead atoms. The zero-order valence-electron chi connectivity index (χ0n) is 13.8. The van der Waals surface area contributed by atoms with Gasteiger partial charge in [0.2, 0.25) is 0 Å². The van der Waals surface area contributed by atoms with Gasteiger partial charge in [0.05, 0.1) is 13.1 Å². The molecule has 1 aliphatic rings.